The van der Waals surface area contributed by atoms with Crippen molar-refractivity contribution in [3.8, 4) is 0 Å². The number of amides is 1. The zero-order valence-corrected chi connectivity index (χ0v) is 6.47. The van der Waals surface area contributed by atoms with Gasteiger partial charge < -0.3 is 5.11 Å². The second-order valence-electron chi connectivity index (χ2n) is 2.62. The molecule has 0 aliphatic carbocycles. The second kappa shape index (κ2) is 2.60. The molecule has 0 saturated heterocycles. The number of hydrogen-bond donors (Lipinski definition) is 1. The lowest BCUT2D eigenvalue weighted by Crippen LogP contribution is -2.31. The third-order valence-corrected chi connectivity index (χ3v) is 1.94. The minimum absolute atomic E-state index is 0.269. The van der Waals surface area contributed by atoms with E-state index in [2.05, 4.69) is 5.10 Å². The van der Waals surface area contributed by atoms with Gasteiger partial charge in [-0.25, -0.2) is 4.68 Å². The van der Waals surface area contributed by atoms with E-state index in [1.54, 1.807) is 16.9 Å². The summed E-state index contributed by atoms with van der Waals surface area (Å²) in [5.41, 5.74) is 0. The maximum absolute atomic E-state index is 11.1. The van der Waals surface area contributed by atoms with Gasteiger partial charge in [-0.05, 0) is 0 Å². The number of rotatable bonds is 1. The van der Waals surface area contributed by atoms with Crippen LogP contribution in [0.1, 0.15) is 0 Å². The largest absolute Gasteiger partial charge is 0.387 e. The van der Waals surface area contributed by atoms with E-state index >= 15 is 0 Å². The van der Waals surface area contributed by atoms with E-state index in [1.165, 1.54) is 4.90 Å². The van der Waals surface area contributed by atoms with Crippen LogP contribution >= 0.6 is 0 Å². The van der Waals surface area contributed by atoms with Crippen molar-refractivity contribution in [2.45, 2.75) is 6.54 Å². The number of hydrogen-bond acceptors (Lipinski definition) is 3. The van der Waals surface area contributed by atoms with Gasteiger partial charge in [0.25, 0.3) is 5.91 Å². The highest BCUT2D eigenvalue weighted by atomic mass is 16.3. The van der Waals surface area contributed by atoms with Gasteiger partial charge in [0, 0.05) is 12.6 Å². The fourth-order valence-corrected chi connectivity index (χ4v) is 1.37. The van der Waals surface area contributed by atoms with Gasteiger partial charge in [-0.1, -0.05) is 0 Å². The van der Waals surface area contributed by atoms with Crippen molar-refractivity contribution in [1.29, 1.82) is 0 Å². The van der Waals surface area contributed by atoms with Gasteiger partial charge in [-0.3, -0.25) is 9.69 Å². The number of aliphatic hydroxyl groups is 1. The first kappa shape index (κ1) is 7.30. The molecule has 1 amide bonds. The quantitative estimate of drug-likeness (QED) is 0.597. The number of anilines is 1. The lowest BCUT2D eigenvalue weighted by Gasteiger charge is -2.11. The Hall–Kier alpha value is -1.36. The highest BCUT2D eigenvalue weighted by Crippen LogP contribution is 2.19. The molecule has 2 heterocycles. The van der Waals surface area contributed by atoms with Gasteiger partial charge >= 0.3 is 0 Å². The molecule has 12 heavy (non-hydrogen) atoms. The molecule has 0 bridgehead atoms. The molecule has 1 aromatic heterocycles. The van der Waals surface area contributed by atoms with E-state index in [4.69, 9.17) is 5.11 Å². The molecule has 5 nitrogen and oxygen atoms in total. The maximum Gasteiger partial charge on any atom is 0.253 e. The van der Waals surface area contributed by atoms with E-state index in [0.29, 0.717) is 13.1 Å². The summed E-state index contributed by atoms with van der Waals surface area (Å²) < 4.78 is 1.74. The minimum atomic E-state index is -0.439. The van der Waals surface area contributed by atoms with E-state index in [0.717, 1.165) is 5.82 Å². The molecule has 5 heteroatoms. The molecule has 2 rings (SSSR count). The SMILES string of the molecule is O=C(CO)N1CCn2nccc21. The fourth-order valence-electron chi connectivity index (χ4n) is 1.37. The summed E-state index contributed by atoms with van der Waals surface area (Å²) in [5.74, 6) is 0.503. The van der Waals surface area contributed by atoms with Gasteiger partial charge in [-0.2, -0.15) is 5.10 Å². The molecule has 0 spiro atoms. The smallest absolute Gasteiger partial charge is 0.253 e. The molecule has 0 unspecified atom stereocenters. The van der Waals surface area contributed by atoms with Crippen LogP contribution in [-0.2, 0) is 11.3 Å². The first-order valence-corrected chi connectivity index (χ1v) is 3.76. The summed E-state index contributed by atoms with van der Waals surface area (Å²) in [7, 11) is 0. The molecule has 0 saturated carbocycles. The number of fused-ring (bicyclic) bond motifs is 1. The van der Waals surface area contributed by atoms with Crippen LogP contribution in [0.25, 0.3) is 0 Å². The zero-order chi connectivity index (χ0) is 8.55. The summed E-state index contributed by atoms with van der Waals surface area (Å²) in [6.07, 6.45) is 1.64. The number of aliphatic hydroxyl groups excluding tert-OH is 1. The van der Waals surface area contributed by atoms with Crippen molar-refractivity contribution in [3.63, 3.8) is 0 Å². The van der Waals surface area contributed by atoms with Crippen molar-refractivity contribution in [2.24, 2.45) is 0 Å². The van der Waals surface area contributed by atoms with E-state index < -0.39 is 6.61 Å². The Balaban J connectivity index is 2.28. The summed E-state index contributed by atoms with van der Waals surface area (Å²) in [4.78, 5) is 12.6. The zero-order valence-electron chi connectivity index (χ0n) is 6.47. The number of aromatic nitrogens is 2. The molecule has 64 valence electrons. The molecule has 1 aromatic rings. The Bertz CT molecular complexity index is 307. The average molecular weight is 167 g/mol. The van der Waals surface area contributed by atoms with Crippen LogP contribution in [-0.4, -0.2) is 33.9 Å². The van der Waals surface area contributed by atoms with Crippen LogP contribution in [0.3, 0.4) is 0 Å². The van der Waals surface area contributed by atoms with Crippen LogP contribution < -0.4 is 4.90 Å². The Labute approximate surface area is 69.2 Å². The highest BCUT2D eigenvalue weighted by Gasteiger charge is 2.23. The van der Waals surface area contributed by atoms with E-state index in [1.807, 2.05) is 0 Å². The molecular weight excluding hydrogens is 158 g/mol. The molecule has 0 aromatic carbocycles. The van der Waals surface area contributed by atoms with Crippen LogP contribution in [0.5, 0.6) is 0 Å². The maximum atomic E-state index is 11.1. The molecule has 0 radical (unpaired) electrons. The van der Waals surface area contributed by atoms with Crippen molar-refractivity contribution in [1.82, 2.24) is 9.78 Å². The molecule has 1 aliphatic heterocycles. The number of carbonyl (C=O) groups excluding carboxylic acids is 1. The lowest BCUT2D eigenvalue weighted by molar-refractivity contribution is -0.121. The van der Waals surface area contributed by atoms with Gasteiger partial charge in [0.05, 0.1) is 12.7 Å². The summed E-state index contributed by atoms with van der Waals surface area (Å²) in [6.45, 7) is 0.891. The van der Waals surface area contributed by atoms with E-state index in [-0.39, 0.29) is 5.91 Å². The third kappa shape index (κ3) is 0.902. The van der Waals surface area contributed by atoms with E-state index in [9.17, 15) is 4.79 Å². The predicted molar refractivity (Wildman–Crippen MR) is 41.7 cm³/mol. The van der Waals surface area contributed by atoms with Crippen LogP contribution in [0, 0.1) is 0 Å². The predicted octanol–water partition coefficient (Wildman–Crippen LogP) is -0.778. The normalized spacial score (nSPS) is 14.9. The van der Waals surface area contributed by atoms with Crippen LogP contribution in [0.2, 0.25) is 0 Å². The number of carbonyl (C=O) groups is 1. The van der Waals surface area contributed by atoms with Crippen molar-refractivity contribution in [2.75, 3.05) is 18.1 Å². The first-order valence-electron chi connectivity index (χ1n) is 3.76. The van der Waals surface area contributed by atoms with Crippen LogP contribution in [0.4, 0.5) is 5.82 Å². The topological polar surface area (TPSA) is 58.4 Å². The molecular formula is C7H9N3O2. The average Bonchev–Trinajstić information content (AvgIpc) is 2.62. The summed E-state index contributed by atoms with van der Waals surface area (Å²) in [5, 5.41) is 12.6. The lowest BCUT2D eigenvalue weighted by atomic mass is 10.5. The standard InChI is InChI=1S/C7H9N3O2/c11-5-7(12)9-3-4-10-6(9)1-2-8-10/h1-2,11H,3-5H2. The second-order valence-corrected chi connectivity index (χ2v) is 2.62. The Kier molecular flexibility index (Phi) is 1.58. The monoisotopic (exact) mass is 167 g/mol. The molecule has 1 N–H and O–H groups in total. The Morgan fingerprint density at radius 2 is 2.50 bits per heavy atom. The van der Waals surface area contributed by atoms with Crippen LogP contribution in [0.15, 0.2) is 12.3 Å². The summed E-state index contributed by atoms with van der Waals surface area (Å²) >= 11 is 0. The van der Waals surface area contributed by atoms with Gasteiger partial charge in [-0.15, -0.1) is 0 Å². The van der Waals surface area contributed by atoms with Crippen molar-refractivity contribution in [3.05, 3.63) is 12.3 Å². The molecule has 0 fully saturated rings. The van der Waals surface area contributed by atoms with Gasteiger partial charge in [0.2, 0.25) is 0 Å². The Morgan fingerprint density at radius 1 is 1.67 bits per heavy atom. The van der Waals surface area contributed by atoms with Crippen molar-refractivity contribution < 1.29 is 9.90 Å². The summed E-state index contributed by atoms with van der Waals surface area (Å²) in [6, 6.07) is 1.76. The Morgan fingerprint density at radius 3 is 3.25 bits per heavy atom. The van der Waals surface area contributed by atoms with Crippen molar-refractivity contribution >= 4 is 11.7 Å². The van der Waals surface area contributed by atoms with Gasteiger partial charge in [0.1, 0.15) is 12.4 Å². The highest BCUT2D eigenvalue weighted by molar-refractivity contribution is 5.93. The molecule has 0 atom stereocenters. The number of nitrogens with zero attached hydrogens (tertiary/aromatic N) is 3. The third-order valence-electron chi connectivity index (χ3n) is 1.94. The first-order chi connectivity index (χ1) is 5.83. The molecule has 1 aliphatic rings. The van der Waals surface area contributed by atoms with Gasteiger partial charge in [0.15, 0.2) is 0 Å². The fraction of sp³-hybridized carbons (Fsp3) is 0.429. The minimum Gasteiger partial charge on any atom is -0.387 e.